The number of nitrogens with one attached hydrogen (secondary N) is 1. The number of nitrogens with two attached hydrogens (primary N) is 1. The molecule has 0 aliphatic heterocycles. The highest BCUT2D eigenvalue weighted by Gasteiger charge is 2.36. The molecule has 1 aromatic carbocycles. The Kier molecular flexibility index (Phi) is 4.51. The van der Waals surface area contributed by atoms with Gasteiger partial charge in [0.05, 0.1) is 0 Å². The van der Waals surface area contributed by atoms with E-state index < -0.39 is 5.91 Å². The number of rotatable bonds is 6. The smallest absolute Gasteiger partial charge is 0.248 e. The zero-order chi connectivity index (χ0) is 17.1. The van der Waals surface area contributed by atoms with Crippen molar-refractivity contribution >= 4 is 17.9 Å². The van der Waals surface area contributed by atoms with Gasteiger partial charge in [-0.25, -0.2) is 0 Å². The normalized spacial score (nSPS) is 19.4. The van der Waals surface area contributed by atoms with E-state index in [1.807, 2.05) is 12.1 Å². The number of hydrogen-bond acceptors (Lipinski definition) is 3. The fraction of sp³-hybridized carbons (Fsp3) is 0.263. The van der Waals surface area contributed by atoms with Crippen molar-refractivity contribution in [1.82, 2.24) is 5.32 Å². The van der Waals surface area contributed by atoms with Crippen LogP contribution in [0.2, 0.25) is 0 Å². The van der Waals surface area contributed by atoms with Crippen LogP contribution in [0.1, 0.15) is 46.7 Å². The number of carbonyl (C=O) groups is 2. The molecule has 3 N–H and O–H groups in total. The topological polar surface area (TPSA) is 85.3 Å². The lowest BCUT2D eigenvalue weighted by Crippen LogP contribution is -2.20. The first-order valence-corrected chi connectivity index (χ1v) is 7.97. The summed E-state index contributed by atoms with van der Waals surface area (Å²) in [6, 6.07) is 10.7. The van der Waals surface area contributed by atoms with Crippen molar-refractivity contribution in [3.05, 3.63) is 65.1 Å². The minimum absolute atomic E-state index is 0.202. The van der Waals surface area contributed by atoms with Gasteiger partial charge in [0, 0.05) is 24.1 Å². The van der Waals surface area contributed by atoms with E-state index >= 15 is 0 Å². The Labute approximate surface area is 140 Å². The second-order valence-corrected chi connectivity index (χ2v) is 6.17. The number of primary amides is 1. The quantitative estimate of drug-likeness (QED) is 0.801. The van der Waals surface area contributed by atoms with E-state index in [2.05, 4.69) is 12.2 Å². The van der Waals surface area contributed by atoms with Crippen LogP contribution in [0.15, 0.2) is 46.9 Å². The second-order valence-electron chi connectivity index (χ2n) is 6.17. The molecular formula is C19H20N2O3. The first-order chi connectivity index (χ1) is 11.5. The average molecular weight is 324 g/mol. The van der Waals surface area contributed by atoms with Gasteiger partial charge in [-0.05, 0) is 48.2 Å². The molecule has 1 fully saturated rings. The molecular weight excluding hydrogens is 304 g/mol. The summed E-state index contributed by atoms with van der Waals surface area (Å²) in [5.41, 5.74) is 6.53. The van der Waals surface area contributed by atoms with Gasteiger partial charge in [0.2, 0.25) is 11.8 Å². The molecule has 1 heterocycles. The summed E-state index contributed by atoms with van der Waals surface area (Å²) < 4.78 is 5.72. The van der Waals surface area contributed by atoms with Gasteiger partial charge in [-0.2, -0.15) is 0 Å². The third-order valence-electron chi connectivity index (χ3n) is 4.23. The van der Waals surface area contributed by atoms with Crippen molar-refractivity contribution in [3.63, 3.8) is 0 Å². The summed E-state index contributed by atoms with van der Waals surface area (Å²) in [6.07, 6.45) is 4.30. The molecule has 2 aromatic rings. The number of benzene rings is 1. The molecule has 0 bridgehead atoms. The highest BCUT2D eigenvalue weighted by Crippen LogP contribution is 2.47. The van der Waals surface area contributed by atoms with Gasteiger partial charge in [0.1, 0.15) is 11.5 Å². The molecule has 1 aliphatic rings. The molecule has 24 heavy (non-hydrogen) atoms. The van der Waals surface area contributed by atoms with Gasteiger partial charge in [0.25, 0.3) is 0 Å². The molecule has 2 amide bonds. The summed E-state index contributed by atoms with van der Waals surface area (Å²) >= 11 is 0. The van der Waals surface area contributed by atoms with Crippen molar-refractivity contribution in [3.8, 4) is 0 Å². The van der Waals surface area contributed by atoms with Crippen molar-refractivity contribution < 1.29 is 14.0 Å². The van der Waals surface area contributed by atoms with E-state index in [0.29, 0.717) is 29.7 Å². The second kappa shape index (κ2) is 6.74. The Morgan fingerprint density at radius 2 is 1.96 bits per heavy atom. The number of amides is 2. The first-order valence-electron chi connectivity index (χ1n) is 7.97. The molecule has 0 saturated heterocycles. The Morgan fingerprint density at radius 3 is 2.58 bits per heavy atom. The Hall–Kier alpha value is -2.82. The van der Waals surface area contributed by atoms with Gasteiger partial charge in [0.15, 0.2) is 0 Å². The lowest BCUT2D eigenvalue weighted by atomic mass is 10.1. The molecule has 0 radical (unpaired) electrons. The molecule has 1 aliphatic carbocycles. The predicted octanol–water partition coefficient (Wildman–Crippen LogP) is 2.83. The fourth-order valence-electron chi connectivity index (χ4n) is 2.57. The Bertz CT molecular complexity index is 774. The molecule has 0 spiro atoms. The van der Waals surface area contributed by atoms with E-state index in [1.54, 1.807) is 30.3 Å². The van der Waals surface area contributed by atoms with Gasteiger partial charge < -0.3 is 15.5 Å². The highest BCUT2D eigenvalue weighted by molar-refractivity contribution is 5.93. The van der Waals surface area contributed by atoms with Gasteiger partial charge in [-0.15, -0.1) is 0 Å². The Balaban J connectivity index is 1.50. The maximum Gasteiger partial charge on any atom is 0.248 e. The van der Waals surface area contributed by atoms with Crippen LogP contribution in [0.25, 0.3) is 6.08 Å². The molecule has 1 aromatic heterocycles. The predicted molar refractivity (Wildman–Crippen MR) is 91.1 cm³/mol. The summed E-state index contributed by atoms with van der Waals surface area (Å²) in [7, 11) is 0. The number of hydrogen-bond donors (Lipinski definition) is 2. The largest absolute Gasteiger partial charge is 0.461 e. The monoisotopic (exact) mass is 324 g/mol. The molecule has 5 heteroatoms. The van der Waals surface area contributed by atoms with E-state index in [9.17, 15) is 9.59 Å². The van der Waals surface area contributed by atoms with Gasteiger partial charge in [-0.1, -0.05) is 19.1 Å². The van der Waals surface area contributed by atoms with E-state index in [1.165, 1.54) is 12.5 Å². The number of furan rings is 1. The zero-order valence-corrected chi connectivity index (χ0v) is 13.5. The zero-order valence-electron chi connectivity index (χ0n) is 13.5. The van der Waals surface area contributed by atoms with Crippen LogP contribution in [0.4, 0.5) is 0 Å². The van der Waals surface area contributed by atoms with E-state index in [4.69, 9.17) is 10.2 Å². The highest BCUT2D eigenvalue weighted by atomic mass is 16.3. The third kappa shape index (κ3) is 3.93. The van der Waals surface area contributed by atoms with Gasteiger partial charge >= 0.3 is 0 Å². The molecule has 124 valence electrons. The maximum atomic E-state index is 11.9. The Morgan fingerprint density at radius 1 is 1.25 bits per heavy atom. The molecule has 3 rings (SSSR count). The average Bonchev–Trinajstić information content (AvgIpc) is 3.11. The van der Waals surface area contributed by atoms with Gasteiger partial charge in [-0.3, -0.25) is 9.59 Å². The van der Waals surface area contributed by atoms with Crippen LogP contribution in [-0.4, -0.2) is 11.8 Å². The van der Waals surface area contributed by atoms with E-state index in [0.717, 1.165) is 11.3 Å². The lowest BCUT2D eigenvalue weighted by molar-refractivity contribution is -0.116. The first kappa shape index (κ1) is 16.1. The van der Waals surface area contributed by atoms with Crippen LogP contribution >= 0.6 is 0 Å². The van der Waals surface area contributed by atoms with Crippen molar-refractivity contribution in [2.24, 2.45) is 11.7 Å². The fourth-order valence-corrected chi connectivity index (χ4v) is 2.57. The summed E-state index contributed by atoms with van der Waals surface area (Å²) in [5.74, 6) is 2.24. The SMILES string of the molecule is CC1CC1c1ccc(C=CC(=O)NCc2ccc(C(N)=O)cc2)o1. The number of carbonyl (C=O) groups excluding carboxylic acids is 2. The lowest BCUT2D eigenvalue weighted by Gasteiger charge is -2.03. The van der Waals surface area contributed by atoms with E-state index in [-0.39, 0.29) is 5.91 Å². The van der Waals surface area contributed by atoms with Crippen molar-refractivity contribution in [1.29, 1.82) is 0 Å². The minimum Gasteiger partial charge on any atom is -0.461 e. The summed E-state index contributed by atoms with van der Waals surface area (Å²) in [6.45, 7) is 2.58. The molecule has 1 saturated carbocycles. The molecule has 5 nitrogen and oxygen atoms in total. The molecule has 2 atom stereocenters. The summed E-state index contributed by atoms with van der Waals surface area (Å²) in [4.78, 5) is 22.9. The maximum absolute atomic E-state index is 11.9. The van der Waals surface area contributed by atoms with Crippen molar-refractivity contribution in [2.45, 2.75) is 25.8 Å². The van der Waals surface area contributed by atoms with Crippen LogP contribution in [0.5, 0.6) is 0 Å². The van der Waals surface area contributed by atoms with Crippen LogP contribution in [0, 0.1) is 5.92 Å². The van der Waals surface area contributed by atoms with Crippen LogP contribution in [0.3, 0.4) is 0 Å². The molecule has 2 unspecified atom stereocenters. The van der Waals surface area contributed by atoms with Crippen molar-refractivity contribution in [2.75, 3.05) is 0 Å². The summed E-state index contributed by atoms with van der Waals surface area (Å²) in [5, 5.41) is 2.78. The third-order valence-corrected chi connectivity index (χ3v) is 4.23. The minimum atomic E-state index is -0.466. The standard InChI is InChI=1S/C19H20N2O3/c1-12-10-16(12)17-8-6-15(24-17)7-9-18(22)21-11-13-2-4-14(5-3-13)19(20)23/h2-9,12,16H,10-11H2,1H3,(H2,20,23)(H,21,22). The van der Waals surface area contributed by atoms with Crippen LogP contribution < -0.4 is 11.1 Å². The van der Waals surface area contributed by atoms with Crippen LogP contribution in [-0.2, 0) is 11.3 Å².